The number of unbranched alkanes of at least 4 members (excludes halogenated alkanes) is 1. The van der Waals surface area contributed by atoms with Crippen LogP contribution in [-0.4, -0.2) is 66.3 Å². The number of hydrogen-bond donors (Lipinski definition) is 4. The van der Waals surface area contributed by atoms with Crippen molar-refractivity contribution in [2.75, 3.05) is 30.0 Å². The van der Waals surface area contributed by atoms with Gasteiger partial charge in [-0.2, -0.15) is 28.1 Å². The van der Waals surface area contributed by atoms with Gasteiger partial charge in [-0.05, 0) is 74.4 Å². The van der Waals surface area contributed by atoms with Gasteiger partial charge in [0.05, 0.1) is 11.8 Å². The zero-order chi connectivity index (χ0) is 32.0. The van der Waals surface area contributed by atoms with Crippen molar-refractivity contribution in [2.24, 2.45) is 0 Å². The van der Waals surface area contributed by atoms with E-state index in [4.69, 9.17) is 16.3 Å². The number of amides is 2. The average Bonchev–Trinajstić information content (AvgIpc) is 3.71. The molecule has 2 aromatic rings. The molecule has 2 amide bonds. The second-order valence-corrected chi connectivity index (χ2v) is 12.6. The van der Waals surface area contributed by atoms with Crippen molar-refractivity contribution in [2.45, 2.75) is 56.7 Å². The first kappa shape index (κ1) is 33.0. The summed E-state index contributed by atoms with van der Waals surface area (Å²) in [4.78, 5) is 36.4. The van der Waals surface area contributed by atoms with Gasteiger partial charge in [0, 0.05) is 29.2 Å². The van der Waals surface area contributed by atoms with Crippen molar-refractivity contribution >= 4 is 51.0 Å². The first-order valence-electron chi connectivity index (χ1n) is 13.7. The second-order valence-electron chi connectivity index (χ2n) is 10.4. The number of nitrogens with one attached hydrogen (secondary N) is 4. The summed E-state index contributed by atoms with van der Waals surface area (Å²) in [6, 6.07) is 5.70. The summed E-state index contributed by atoms with van der Waals surface area (Å²) in [5, 5.41) is 9.61. The molecule has 0 unspecified atom stereocenters. The molecule has 238 valence electrons. The lowest BCUT2D eigenvalue weighted by Gasteiger charge is -2.23. The van der Waals surface area contributed by atoms with Gasteiger partial charge >= 0.3 is 12.2 Å². The Balaban J connectivity index is 1.37. The Morgan fingerprint density at radius 1 is 1.02 bits per heavy atom. The van der Waals surface area contributed by atoms with Crippen molar-refractivity contribution in [3.05, 3.63) is 52.6 Å². The molecule has 12 nitrogen and oxygen atoms in total. The Kier molecular flexibility index (Phi) is 10.3. The number of anilines is 3. The highest BCUT2D eigenvalue weighted by molar-refractivity contribution is 7.89. The highest BCUT2D eigenvalue weighted by atomic mass is 35.5. The van der Waals surface area contributed by atoms with Gasteiger partial charge in [0.1, 0.15) is 0 Å². The number of carbonyl (C=O) groups excluding carboxylic acids is 2. The Bertz CT molecular complexity index is 1550. The van der Waals surface area contributed by atoms with Crippen LogP contribution in [0, 0.1) is 0 Å². The molecule has 44 heavy (non-hydrogen) atoms. The number of aromatic nitrogens is 3. The fourth-order valence-corrected chi connectivity index (χ4v) is 5.03. The number of benzene rings is 1. The van der Waals surface area contributed by atoms with E-state index in [2.05, 4.69) is 30.9 Å². The van der Waals surface area contributed by atoms with E-state index in [9.17, 15) is 31.2 Å². The average molecular weight is 658 g/mol. The Morgan fingerprint density at radius 3 is 2.34 bits per heavy atom. The first-order chi connectivity index (χ1) is 20.7. The molecule has 1 saturated carbocycles. The molecule has 0 spiro atoms. The third kappa shape index (κ3) is 10.4. The van der Waals surface area contributed by atoms with E-state index in [1.54, 1.807) is 12.1 Å². The fraction of sp³-hybridized carbons (Fsp3) is 0.444. The zero-order valence-corrected chi connectivity index (χ0v) is 25.2. The van der Waals surface area contributed by atoms with E-state index in [1.165, 1.54) is 12.1 Å². The molecule has 17 heteroatoms. The van der Waals surface area contributed by atoms with Crippen LogP contribution < -0.4 is 25.4 Å². The molecule has 1 fully saturated rings. The first-order valence-corrected chi connectivity index (χ1v) is 15.9. The lowest BCUT2D eigenvalue weighted by Crippen LogP contribution is -2.29. The minimum Gasteiger partial charge on any atom is -0.454 e. The number of halogens is 4. The van der Waals surface area contributed by atoms with Crippen molar-refractivity contribution < 1.29 is 35.9 Å². The van der Waals surface area contributed by atoms with Crippen LogP contribution in [-0.2, 0) is 14.8 Å². The molecular formula is C27H31ClF3N7O5S. The molecule has 1 aromatic heterocycles. The number of allylic oxidation sites excluding steroid dienone is 3. The summed E-state index contributed by atoms with van der Waals surface area (Å²) < 4.78 is 67.3. The number of ether oxygens (including phenoxy) is 1. The maximum atomic E-state index is 12.8. The summed E-state index contributed by atoms with van der Waals surface area (Å²) in [6.45, 7) is -1.30. The van der Waals surface area contributed by atoms with Crippen LogP contribution >= 0.6 is 11.6 Å². The molecule has 0 atom stereocenters. The summed E-state index contributed by atoms with van der Waals surface area (Å²) >= 11 is 6.09. The smallest absolute Gasteiger partial charge is 0.422 e. The van der Waals surface area contributed by atoms with Gasteiger partial charge in [-0.15, -0.1) is 0 Å². The Labute approximate surface area is 257 Å². The van der Waals surface area contributed by atoms with Gasteiger partial charge < -0.3 is 20.7 Å². The molecule has 0 bridgehead atoms. The van der Waals surface area contributed by atoms with Gasteiger partial charge in [0.15, 0.2) is 6.61 Å². The topological polar surface area (TPSA) is 164 Å². The maximum absolute atomic E-state index is 12.8. The third-order valence-electron chi connectivity index (χ3n) is 6.61. The molecule has 0 saturated heterocycles. The molecule has 4 N–H and O–H groups in total. The van der Waals surface area contributed by atoms with Crippen LogP contribution in [0.2, 0.25) is 0 Å². The largest absolute Gasteiger partial charge is 0.454 e. The number of sulfonamides is 1. The standard InChI is InChI=1S/C27H31ClF3N7O5S/c1-44(41,42)38-21(39)4-2-3-15-32-22(40)17-5-11-20(12-6-17)33-23-34-24(36-25(35-23)43-16-27(29,30)31)37-26(13-14-26)18-7-9-19(28)10-8-18/h5-7,9,11-12H,2-4,8,10,13-16H2,1H3,(H,32,40)(H,38,39)(H2,33,34,35,36,37). The van der Waals surface area contributed by atoms with Crippen molar-refractivity contribution in [3.8, 4) is 6.01 Å². The quantitative estimate of drug-likeness (QED) is 0.215. The molecule has 2 aliphatic rings. The highest BCUT2D eigenvalue weighted by Crippen LogP contribution is 2.48. The number of rotatable bonds is 14. The van der Waals surface area contributed by atoms with E-state index in [0.29, 0.717) is 30.5 Å². The van der Waals surface area contributed by atoms with Crippen LogP contribution in [0.1, 0.15) is 55.3 Å². The van der Waals surface area contributed by atoms with Crippen LogP contribution in [0.3, 0.4) is 0 Å². The molecular weight excluding hydrogens is 627 g/mol. The molecule has 0 radical (unpaired) electrons. The van der Waals surface area contributed by atoms with E-state index in [-0.39, 0.29) is 30.8 Å². The number of carbonyl (C=O) groups is 2. The predicted octanol–water partition coefficient (Wildman–Crippen LogP) is 4.32. The normalized spacial score (nSPS) is 15.8. The summed E-state index contributed by atoms with van der Waals surface area (Å²) in [5.41, 5.74) is 1.46. The molecule has 4 rings (SSSR count). The molecule has 1 aromatic carbocycles. The lowest BCUT2D eigenvalue weighted by molar-refractivity contribution is -0.154. The van der Waals surface area contributed by atoms with E-state index in [1.807, 2.05) is 16.9 Å². The minimum absolute atomic E-state index is 0.00560. The zero-order valence-electron chi connectivity index (χ0n) is 23.6. The van der Waals surface area contributed by atoms with Crippen molar-refractivity contribution in [1.82, 2.24) is 25.0 Å². The van der Waals surface area contributed by atoms with Gasteiger partial charge in [-0.25, -0.2) is 8.42 Å². The van der Waals surface area contributed by atoms with E-state index < -0.39 is 40.3 Å². The number of hydrogen-bond acceptors (Lipinski definition) is 10. The van der Waals surface area contributed by atoms with Crippen molar-refractivity contribution in [3.63, 3.8) is 0 Å². The lowest BCUT2D eigenvalue weighted by atomic mass is 9.96. The van der Waals surface area contributed by atoms with Crippen LogP contribution in [0.4, 0.5) is 30.8 Å². The second kappa shape index (κ2) is 13.8. The summed E-state index contributed by atoms with van der Waals surface area (Å²) in [7, 11) is -3.61. The SMILES string of the molecule is CS(=O)(=O)NC(=O)CCCCNC(=O)c1ccc(Nc2nc(NC3(C4=CC=C(Cl)CC4)CC3)nc(OCC(F)(F)F)n2)cc1. The number of nitrogens with zero attached hydrogens (tertiary/aromatic N) is 3. The highest BCUT2D eigenvalue weighted by Gasteiger charge is 2.46. The molecule has 1 heterocycles. The molecule has 0 aliphatic heterocycles. The minimum atomic E-state index is -4.59. The van der Waals surface area contributed by atoms with Gasteiger partial charge in [-0.3, -0.25) is 14.3 Å². The monoisotopic (exact) mass is 657 g/mol. The van der Waals surface area contributed by atoms with E-state index >= 15 is 0 Å². The Hall–Kier alpha value is -3.92. The van der Waals surface area contributed by atoms with Crippen molar-refractivity contribution in [1.29, 1.82) is 0 Å². The predicted molar refractivity (Wildman–Crippen MR) is 157 cm³/mol. The fourth-order valence-electron chi connectivity index (χ4n) is 4.36. The van der Waals surface area contributed by atoms with Crippen LogP contribution in [0.15, 0.2) is 47.0 Å². The molecule has 2 aliphatic carbocycles. The van der Waals surface area contributed by atoms with Gasteiger partial charge in [0.25, 0.3) is 5.91 Å². The van der Waals surface area contributed by atoms with Crippen LogP contribution in [0.25, 0.3) is 0 Å². The van der Waals surface area contributed by atoms with Gasteiger partial charge in [-0.1, -0.05) is 17.7 Å². The van der Waals surface area contributed by atoms with Crippen LogP contribution in [0.5, 0.6) is 6.01 Å². The number of alkyl halides is 3. The Morgan fingerprint density at radius 2 is 1.73 bits per heavy atom. The van der Waals surface area contributed by atoms with E-state index in [0.717, 1.165) is 36.1 Å². The third-order valence-corrected chi connectivity index (χ3v) is 7.53. The van der Waals surface area contributed by atoms with Gasteiger partial charge in [0.2, 0.25) is 27.8 Å². The summed E-state index contributed by atoms with van der Waals surface area (Å²) in [5.74, 6) is -0.996. The maximum Gasteiger partial charge on any atom is 0.422 e. The summed E-state index contributed by atoms with van der Waals surface area (Å²) in [6.07, 6.45) is 3.92.